The molecule has 2 rings (SSSR count). The van der Waals surface area contributed by atoms with Gasteiger partial charge in [0, 0.05) is 19.5 Å². The minimum Gasteiger partial charge on any atom is -0.379 e. The Balaban J connectivity index is 2.52. The van der Waals surface area contributed by atoms with E-state index in [0.717, 1.165) is 17.4 Å². The number of hydrogen-bond acceptors (Lipinski definition) is 5. The van der Waals surface area contributed by atoms with E-state index in [9.17, 15) is 17.8 Å². The minimum absolute atomic E-state index is 0.156. The van der Waals surface area contributed by atoms with Crippen molar-refractivity contribution in [1.29, 1.82) is 0 Å². The highest BCUT2D eigenvalue weighted by atomic mass is 32.2. The quantitative estimate of drug-likeness (QED) is 0.610. The maximum atomic E-state index is 12.0. The highest BCUT2D eigenvalue weighted by molar-refractivity contribution is 7.87. The average Bonchev–Trinajstić information content (AvgIpc) is 2.43. The van der Waals surface area contributed by atoms with Gasteiger partial charge in [-0.1, -0.05) is 17.7 Å². The van der Waals surface area contributed by atoms with E-state index in [1.165, 1.54) is 13.0 Å². The van der Waals surface area contributed by atoms with Gasteiger partial charge >= 0.3 is 0 Å². The van der Waals surface area contributed by atoms with Crippen molar-refractivity contribution in [1.82, 2.24) is 4.90 Å². The summed E-state index contributed by atoms with van der Waals surface area (Å²) in [7, 11) is -4.32. The molecular formula is C14H21NO5S. The van der Waals surface area contributed by atoms with Crippen LogP contribution in [0.15, 0.2) is 23.3 Å². The van der Waals surface area contributed by atoms with Crippen LogP contribution in [0.1, 0.15) is 20.3 Å². The van der Waals surface area contributed by atoms with E-state index in [2.05, 4.69) is 0 Å². The summed E-state index contributed by atoms with van der Waals surface area (Å²) in [6.07, 6.45) is 4.12. The Kier molecular flexibility index (Phi) is 4.67. The molecular weight excluding hydrogens is 294 g/mol. The van der Waals surface area contributed by atoms with Crippen LogP contribution in [0.25, 0.3) is 0 Å². The number of hydrogen-bond donors (Lipinski definition) is 1. The summed E-state index contributed by atoms with van der Waals surface area (Å²) in [5.74, 6) is 0. The Morgan fingerprint density at radius 1 is 1.48 bits per heavy atom. The first-order valence-corrected chi connectivity index (χ1v) is 8.36. The van der Waals surface area contributed by atoms with Crippen molar-refractivity contribution in [2.24, 2.45) is 0 Å². The number of rotatable bonds is 4. The van der Waals surface area contributed by atoms with Gasteiger partial charge in [0.25, 0.3) is 10.1 Å². The fraction of sp³-hybridized carbons (Fsp3) is 0.643. The first kappa shape index (κ1) is 16.4. The average molecular weight is 315 g/mol. The molecule has 1 heterocycles. The molecule has 1 saturated heterocycles. The number of aldehydes is 1. The maximum absolute atomic E-state index is 12.0. The van der Waals surface area contributed by atoms with Crippen LogP contribution in [0, 0.1) is 0 Å². The van der Waals surface area contributed by atoms with Crippen LogP contribution >= 0.6 is 0 Å². The second-order valence-corrected chi connectivity index (χ2v) is 7.45. The largest absolute Gasteiger partial charge is 0.379 e. The lowest BCUT2D eigenvalue weighted by atomic mass is 9.82. The molecule has 6 nitrogen and oxygen atoms in total. The molecule has 0 spiro atoms. The van der Waals surface area contributed by atoms with Crippen molar-refractivity contribution in [3.05, 3.63) is 23.3 Å². The zero-order chi connectivity index (χ0) is 15.7. The van der Waals surface area contributed by atoms with E-state index in [0.29, 0.717) is 26.3 Å². The SMILES string of the molecule is CC1=C(CC=O)C(N2CCOCC2)[C@@](C)(S(=O)(=O)O)C=C1. The van der Waals surface area contributed by atoms with E-state index in [1.807, 2.05) is 11.8 Å². The predicted molar refractivity (Wildman–Crippen MR) is 78.7 cm³/mol. The predicted octanol–water partition coefficient (Wildman–Crippen LogP) is 0.809. The van der Waals surface area contributed by atoms with Gasteiger partial charge in [0.15, 0.2) is 0 Å². The summed E-state index contributed by atoms with van der Waals surface area (Å²) in [6.45, 7) is 5.51. The first-order valence-electron chi connectivity index (χ1n) is 6.92. The molecule has 1 aliphatic heterocycles. The molecule has 0 aromatic heterocycles. The van der Waals surface area contributed by atoms with Gasteiger partial charge in [-0.3, -0.25) is 9.45 Å². The number of morpholine rings is 1. The highest BCUT2D eigenvalue weighted by Gasteiger charge is 2.49. The van der Waals surface area contributed by atoms with Crippen molar-refractivity contribution in [2.75, 3.05) is 26.3 Å². The summed E-state index contributed by atoms with van der Waals surface area (Å²) in [5.41, 5.74) is 1.62. The van der Waals surface area contributed by atoms with Crippen LogP contribution in [0.5, 0.6) is 0 Å². The fourth-order valence-corrected chi connectivity index (χ4v) is 3.87. The summed E-state index contributed by atoms with van der Waals surface area (Å²) in [5, 5.41) is 0. The molecule has 0 aromatic carbocycles. The van der Waals surface area contributed by atoms with Gasteiger partial charge in [-0.2, -0.15) is 8.42 Å². The van der Waals surface area contributed by atoms with Crippen LogP contribution < -0.4 is 0 Å². The standard InChI is InChI=1S/C14H21NO5S/c1-11-3-5-14(2,21(17,18)19)13(12(11)4-8-16)15-6-9-20-10-7-15/h3,5,8,13H,4,6-7,9-10H2,1-2H3,(H,17,18,19)/t13?,14-/m0/s1. The Bertz CT molecular complexity index is 574. The monoisotopic (exact) mass is 315 g/mol. The number of carbonyl (C=O) groups is 1. The normalized spacial score (nSPS) is 31.5. The molecule has 1 N–H and O–H groups in total. The van der Waals surface area contributed by atoms with Crippen LogP contribution in [0.3, 0.4) is 0 Å². The third kappa shape index (κ3) is 2.96. The minimum atomic E-state index is -4.32. The molecule has 0 aromatic rings. The molecule has 0 amide bonds. The van der Waals surface area contributed by atoms with Crippen LogP contribution in [0.4, 0.5) is 0 Å². The van der Waals surface area contributed by atoms with Crippen molar-refractivity contribution >= 4 is 16.4 Å². The van der Waals surface area contributed by atoms with Crippen LogP contribution in [0.2, 0.25) is 0 Å². The molecule has 0 bridgehead atoms. The summed E-state index contributed by atoms with van der Waals surface area (Å²) >= 11 is 0. The van der Waals surface area contributed by atoms with E-state index in [-0.39, 0.29) is 6.42 Å². The molecule has 1 unspecified atom stereocenters. The smallest absolute Gasteiger partial charge is 0.275 e. The number of ether oxygens (including phenoxy) is 1. The lowest BCUT2D eigenvalue weighted by Crippen LogP contribution is -2.58. The Morgan fingerprint density at radius 2 is 2.10 bits per heavy atom. The van der Waals surface area contributed by atoms with E-state index in [4.69, 9.17) is 4.74 Å². The molecule has 1 fully saturated rings. The van der Waals surface area contributed by atoms with Gasteiger partial charge in [0.2, 0.25) is 0 Å². The molecule has 2 atom stereocenters. The first-order chi connectivity index (χ1) is 9.81. The van der Waals surface area contributed by atoms with Gasteiger partial charge in [-0.25, -0.2) is 0 Å². The second-order valence-electron chi connectivity index (χ2n) is 5.62. The van der Waals surface area contributed by atoms with Crippen molar-refractivity contribution < 1.29 is 22.5 Å². The zero-order valence-electron chi connectivity index (χ0n) is 12.3. The van der Waals surface area contributed by atoms with Gasteiger partial charge in [0.05, 0.1) is 19.3 Å². The second kappa shape index (κ2) is 6.00. The molecule has 21 heavy (non-hydrogen) atoms. The zero-order valence-corrected chi connectivity index (χ0v) is 13.1. The lowest BCUT2D eigenvalue weighted by molar-refractivity contribution is -0.107. The third-order valence-corrected chi connectivity index (χ3v) is 5.78. The molecule has 1 aliphatic carbocycles. The van der Waals surface area contributed by atoms with Gasteiger partial charge < -0.3 is 9.53 Å². The molecule has 2 aliphatic rings. The molecule has 118 valence electrons. The Morgan fingerprint density at radius 3 is 2.62 bits per heavy atom. The maximum Gasteiger partial charge on any atom is 0.275 e. The van der Waals surface area contributed by atoms with Gasteiger partial charge in [-0.05, 0) is 19.4 Å². The van der Waals surface area contributed by atoms with E-state index >= 15 is 0 Å². The number of nitrogens with zero attached hydrogens (tertiary/aromatic N) is 1. The highest BCUT2D eigenvalue weighted by Crippen LogP contribution is 2.38. The third-order valence-electron chi connectivity index (χ3n) is 4.31. The lowest BCUT2D eigenvalue weighted by Gasteiger charge is -2.45. The molecule has 0 radical (unpaired) electrons. The summed E-state index contributed by atoms with van der Waals surface area (Å²) < 4.78 is 37.5. The van der Waals surface area contributed by atoms with E-state index < -0.39 is 20.9 Å². The van der Waals surface area contributed by atoms with Crippen LogP contribution in [-0.2, 0) is 19.6 Å². The van der Waals surface area contributed by atoms with Gasteiger partial charge in [-0.15, -0.1) is 0 Å². The van der Waals surface area contributed by atoms with E-state index in [1.54, 1.807) is 6.08 Å². The molecule has 0 saturated carbocycles. The molecule has 7 heteroatoms. The van der Waals surface area contributed by atoms with Crippen molar-refractivity contribution in [3.63, 3.8) is 0 Å². The Labute approximate surface area is 125 Å². The summed E-state index contributed by atoms with van der Waals surface area (Å²) in [4.78, 5) is 13.0. The van der Waals surface area contributed by atoms with Crippen LogP contribution in [-0.4, -0.2) is 61.2 Å². The fourth-order valence-electron chi connectivity index (χ4n) is 3.06. The summed E-state index contributed by atoms with van der Waals surface area (Å²) in [6, 6.07) is -0.549. The number of carbonyl (C=O) groups excluding carboxylic acids is 1. The number of allylic oxidation sites excluding steroid dienone is 2. The Hall–Kier alpha value is -1.02. The van der Waals surface area contributed by atoms with Gasteiger partial charge in [0.1, 0.15) is 11.0 Å². The van der Waals surface area contributed by atoms with Crippen molar-refractivity contribution in [2.45, 2.75) is 31.1 Å². The van der Waals surface area contributed by atoms with Crippen molar-refractivity contribution in [3.8, 4) is 0 Å². The topological polar surface area (TPSA) is 83.9 Å².